The zero-order chi connectivity index (χ0) is 14.5. The number of hydrogen-bond donors (Lipinski definition) is 0. The van der Waals surface area contributed by atoms with E-state index in [9.17, 15) is 27.4 Å². The van der Waals surface area contributed by atoms with Crippen molar-refractivity contribution in [3.63, 3.8) is 0 Å². The molecular formula is C6H2BCl2F4N3O2. The molecule has 0 aliphatic heterocycles. The Hall–Kier alpha value is -1.60. The Morgan fingerprint density at radius 1 is 1.28 bits per heavy atom. The molecule has 0 heterocycles. The van der Waals surface area contributed by atoms with Crippen molar-refractivity contribution in [2.75, 3.05) is 0 Å². The van der Waals surface area contributed by atoms with Crippen LogP contribution in [-0.4, -0.2) is 12.2 Å². The average Bonchev–Trinajstić information content (AvgIpc) is 2.13. The lowest BCUT2D eigenvalue weighted by molar-refractivity contribution is -0.383. The maximum atomic E-state index is 10.4. The summed E-state index contributed by atoms with van der Waals surface area (Å²) in [6.07, 6.45) is 0. The highest BCUT2D eigenvalue weighted by Gasteiger charge is 2.29. The molecule has 0 amide bonds. The van der Waals surface area contributed by atoms with Crippen LogP contribution in [0, 0.1) is 15.5 Å². The molecule has 1 rings (SSSR count). The summed E-state index contributed by atoms with van der Waals surface area (Å²) in [6.45, 7) is 0. The fraction of sp³-hybridized carbons (Fsp3) is 0. The van der Waals surface area contributed by atoms with Crippen molar-refractivity contribution in [1.29, 1.82) is 5.39 Å². The fourth-order valence-corrected chi connectivity index (χ4v) is 1.31. The molecule has 0 aliphatic carbocycles. The molecule has 0 bridgehead atoms. The summed E-state index contributed by atoms with van der Waals surface area (Å²) in [5.41, 5.74) is -0.726. The Morgan fingerprint density at radius 2 is 1.72 bits per heavy atom. The van der Waals surface area contributed by atoms with E-state index in [4.69, 9.17) is 28.6 Å². The SMILES string of the molecule is F[B-](F)(F)F.N#[N+]c1c(Cl)cc(Cl)cc1[N+](=O)[O-]. The molecule has 0 atom stereocenters. The number of hydrogen-bond acceptors (Lipinski definition) is 3. The maximum absolute atomic E-state index is 10.4. The van der Waals surface area contributed by atoms with E-state index in [-0.39, 0.29) is 15.7 Å². The number of benzene rings is 1. The van der Waals surface area contributed by atoms with E-state index < -0.39 is 17.9 Å². The molecule has 0 spiro atoms. The van der Waals surface area contributed by atoms with Crippen LogP contribution in [0.25, 0.3) is 4.98 Å². The number of nitro groups is 1. The molecule has 0 aromatic heterocycles. The zero-order valence-electron chi connectivity index (χ0n) is 8.16. The molecule has 5 nitrogen and oxygen atoms in total. The minimum Gasteiger partial charge on any atom is -0.418 e. The summed E-state index contributed by atoms with van der Waals surface area (Å²) < 4.78 is 39.0. The lowest BCUT2D eigenvalue weighted by atomic mass is 10.3. The van der Waals surface area contributed by atoms with Gasteiger partial charge in [-0.3, -0.25) is 10.1 Å². The smallest absolute Gasteiger partial charge is 0.418 e. The van der Waals surface area contributed by atoms with Crippen LogP contribution in [0.15, 0.2) is 12.1 Å². The first kappa shape index (κ1) is 16.4. The number of nitro benzene ring substituents is 1. The second kappa shape index (κ2) is 6.37. The van der Waals surface area contributed by atoms with Crippen LogP contribution in [0.3, 0.4) is 0 Å². The van der Waals surface area contributed by atoms with Crippen molar-refractivity contribution >= 4 is 41.8 Å². The summed E-state index contributed by atoms with van der Waals surface area (Å²) in [5, 5.41) is 18.9. The van der Waals surface area contributed by atoms with Gasteiger partial charge < -0.3 is 17.3 Å². The van der Waals surface area contributed by atoms with Gasteiger partial charge in [0.05, 0.1) is 4.92 Å². The Balaban J connectivity index is 0.000000494. The second-order valence-corrected chi connectivity index (χ2v) is 3.45. The topological polar surface area (TPSA) is 71.3 Å². The minimum atomic E-state index is -6.00. The molecule has 0 aliphatic rings. The van der Waals surface area contributed by atoms with Gasteiger partial charge in [0, 0.05) is 11.1 Å². The van der Waals surface area contributed by atoms with E-state index in [1.807, 2.05) is 0 Å². The fourth-order valence-electron chi connectivity index (χ4n) is 0.791. The van der Waals surface area contributed by atoms with Crippen molar-refractivity contribution in [2.24, 2.45) is 0 Å². The first-order chi connectivity index (χ1) is 8.06. The molecule has 0 saturated carbocycles. The Kier molecular flexibility index (Phi) is 5.80. The number of rotatable bonds is 1. The quantitative estimate of drug-likeness (QED) is 0.248. The van der Waals surface area contributed by atoms with Crippen LogP contribution >= 0.6 is 23.2 Å². The van der Waals surface area contributed by atoms with Gasteiger partial charge in [-0.05, 0) is 6.07 Å². The molecule has 0 saturated heterocycles. The molecule has 0 radical (unpaired) electrons. The van der Waals surface area contributed by atoms with Gasteiger partial charge in [0.25, 0.3) is 0 Å². The summed E-state index contributed by atoms with van der Waals surface area (Å²) in [5.74, 6) is 0. The lowest BCUT2D eigenvalue weighted by Gasteiger charge is -1.94. The number of diazo groups is 1. The summed E-state index contributed by atoms with van der Waals surface area (Å²) >= 11 is 11.0. The summed E-state index contributed by atoms with van der Waals surface area (Å²) in [7, 11) is -6.00. The third kappa shape index (κ3) is 6.22. The molecular weight excluding hydrogens is 304 g/mol. The molecule has 0 fully saturated rings. The van der Waals surface area contributed by atoms with Gasteiger partial charge in [-0.1, -0.05) is 23.2 Å². The van der Waals surface area contributed by atoms with E-state index in [2.05, 4.69) is 4.98 Å². The van der Waals surface area contributed by atoms with Gasteiger partial charge in [0.15, 0.2) is 4.98 Å². The molecule has 1 aromatic carbocycles. The van der Waals surface area contributed by atoms with Crippen molar-refractivity contribution in [3.05, 3.63) is 37.3 Å². The van der Waals surface area contributed by atoms with Gasteiger partial charge >= 0.3 is 18.6 Å². The van der Waals surface area contributed by atoms with Gasteiger partial charge in [-0.25, -0.2) is 0 Å². The third-order valence-corrected chi connectivity index (χ3v) is 1.81. The zero-order valence-corrected chi connectivity index (χ0v) is 9.67. The van der Waals surface area contributed by atoms with Crippen LogP contribution < -0.4 is 0 Å². The van der Waals surface area contributed by atoms with E-state index in [0.29, 0.717) is 0 Å². The van der Waals surface area contributed by atoms with Crippen LogP contribution in [0.1, 0.15) is 0 Å². The Morgan fingerprint density at radius 3 is 2.06 bits per heavy atom. The molecule has 98 valence electrons. The summed E-state index contributed by atoms with van der Waals surface area (Å²) in [4.78, 5) is 12.4. The van der Waals surface area contributed by atoms with Gasteiger partial charge in [0.1, 0.15) is 5.02 Å². The molecule has 18 heavy (non-hydrogen) atoms. The predicted molar refractivity (Wildman–Crippen MR) is 58.0 cm³/mol. The van der Waals surface area contributed by atoms with Crippen molar-refractivity contribution < 1.29 is 22.2 Å². The highest BCUT2D eigenvalue weighted by atomic mass is 35.5. The van der Waals surface area contributed by atoms with Crippen molar-refractivity contribution in [1.82, 2.24) is 0 Å². The Bertz CT molecular complexity index is 499. The standard InChI is InChI=1S/C6H2Cl2N3O2.BF4/c7-3-1-4(8)6(10-9)5(2-3)11(12)13;2-1(3,4)5/h1-2H;/q+1;-1. The molecule has 1 aromatic rings. The second-order valence-electron chi connectivity index (χ2n) is 2.61. The lowest BCUT2D eigenvalue weighted by Crippen LogP contribution is -2.02. The van der Waals surface area contributed by atoms with E-state index in [1.165, 1.54) is 6.07 Å². The highest BCUT2D eigenvalue weighted by molar-refractivity contribution is 6.50. The van der Waals surface area contributed by atoms with Crippen molar-refractivity contribution in [2.45, 2.75) is 0 Å². The van der Waals surface area contributed by atoms with Gasteiger partial charge in [0.2, 0.25) is 5.39 Å². The van der Waals surface area contributed by atoms with E-state index in [0.717, 1.165) is 6.07 Å². The van der Waals surface area contributed by atoms with Crippen LogP contribution in [0.2, 0.25) is 10.0 Å². The minimum absolute atomic E-state index is 0.0679. The van der Waals surface area contributed by atoms with E-state index in [1.54, 1.807) is 0 Å². The number of halogens is 6. The largest absolute Gasteiger partial charge is 0.673 e. The monoisotopic (exact) mass is 305 g/mol. The van der Waals surface area contributed by atoms with Gasteiger partial charge in [-0.2, -0.15) is 0 Å². The van der Waals surface area contributed by atoms with Crippen LogP contribution in [0.4, 0.5) is 28.6 Å². The third-order valence-electron chi connectivity index (χ3n) is 1.30. The predicted octanol–water partition coefficient (Wildman–Crippen LogP) is 4.69. The first-order valence-corrected chi connectivity index (χ1v) is 4.67. The Labute approximate surface area is 107 Å². The first-order valence-electron chi connectivity index (χ1n) is 3.92. The summed E-state index contributed by atoms with van der Waals surface area (Å²) in [6, 6.07) is 2.31. The number of nitrogens with zero attached hydrogens (tertiary/aromatic N) is 3. The van der Waals surface area contributed by atoms with Crippen molar-refractivity contribution in [3.8, 4) is 0 Å². The van der Waals surface area contributed by atoms with E-state index >= 15 is 0 Å². The van der Waals surface area contributed by atoms with Crippen LogP contribution in [0.5, 0.6) is 0 Å². The highest BCUT2D eigenvalue weighted by Crippen LogP contribution is 2.37. The van der Waals surface area contributed by atoms with Crippen LogP contribution in [-0.2, 0) is 0 Å². The average molecular weight is 306 g/mol. The normalized spacial score (nSPS) is 10.1. The molecule has 12 heteroatoms. The molecule has 0 N–H and O–H groups in total. The molecule has 0 unspecified atom stereocenters. The van der Waals surface area contributed by atoms with Gasteiger partial charge in [-0.15, -0.1) is 0 Å². The maximum Gasteiger partial charge on any atom is 0.673 e.